The molecule has 1 heterocycles. The molecule has 1 aliphatic rings. The third-order valence-electron chi connectivity index (χ3n) is 7.06. The van der Waals surface area contributed by atoms with E-state index in [2.05, 4.69) is 20.1 Å². The number of benzene rings is 3. The Kier molecular flexibility index (Phi) is 10.4. The number of nitrogens with zero attached hydrogens (tertiary/aromatic N) is 3. The Hall–Kier alpha value is -4.39. The summed E-state index contributed by atoms with van der Waals surface area (Å²) in [5, 5.41) is 2.66. The third kappa shape index (κ3) is 7.72. The molecule has 228 valence electrons. The zero-order valence-corrected chi connectivity index (χ0v) is 24.9. The van der Waals surface area contributed by atoms with E-state index >= 15 is 0 Å². The van der Waals surface area contributed by atoms with Crippen molar-refractivity contribution >= 4 is 35.1 Å². The smallest absolute Gasteiger partial charge is 0.280 e. The van der Waals surface area contributed by atoms with E-state index in [9.17, 15) is 14.0 Å². The van der Waals surface area contributed by atoms with E-state index in [1.54, 1.807) is 33.5 Å². The first-order valence-electron chi connectivity index (χ1n) is 13.4. The number of piperazine rings is 1. The van der Waals surface area contributed by atoms with Gasteiger partial charge in [-0.1, -0.05) is 23.7 Å². The van der Waals surface area contributed by atoms with Gasteiger partial charge in [-0.25, -0.2) is 4.39 Å². The van der Waals surface area contributed by atoms with E-state index in [0.717, 1.165) is 43.4 Å². The predicted molar refractivity (Wildman–Crippen MR) is 163 cm³/mol. The number of aliphatic imine (C=N–C) groups is 1. The summed E-state index contributed by atoms with van der Waals surface area (Å²) in [6.07, 6.45) is 0. The monoisotopic (exact) mass is 612 g/mol. The van der Waals surface area contributed by atoms with Crippen molar-refractivity contribution in [3.63, 3.8) is 0 Å². The van der Waals surface area contributed by atoms with Crippen molar-refractivity contribution in [2.75, 3.05) is 52.8 Å². The fourth-order valence-corrected chi connectivity index (χ4v) is 5.03. The first-order chi connectivity index (χ1) is 20.6. The largest absolute Gasteiger partial charge is 0.493 e. The van der Waals surface area contributed by atoms with Gasteiger partial charge in [0, 0.05) is 61.6 Å². The van der Waals surface area contributed by atoms with E-state index in [4.69, 9.17) is 37.3 Å². The van der Waals surface area contributed by atoms with Gasteiger partial charge < -0.3 is 31.0 Å². The molecule has 0 unspecified atom stereocenters. The summed E-state index contributed by atoms with van der Waals surface area (Å²) in [7, 11) is 4.77. The molecule has 11 nitrogen and oxygen atoms in total. The van der Waals surface area contributed by atoms with Gasteiger partial charge in [-0.05, 0) is 42.0 Å². The number of amides is 2. The van der Waals surface area contributed by atoms with Crippen LogP contribution in [0.4, 0.5) is 10.1 Å². The number of nitrogens with one attached hydrogen (secondary N) is 1. The van der Waals surface area contributed by atoms with Crippen LogP contribution >= 0.6 is 11.6 Å². The van der Waals surface area contributed by atoms with Gasteiger partial charge in [0.05, 0.1) is 26.4 Å². The van der Waals surface area contributed by atoms with Crippen molar-refractivity contribution in [1.29, 1.82) is 0 Å². The topological polar surface area (TPSA) is 145 Å². The third-order valence-corrected chi connectivity index (χ3v) is 7.35. The van der Waals surface area contributed by atoms with Gasteiger partial charge in [0.2, 0.25) is 5.75 Å². The number of guanidine groups is 1. The van der Waals surface area contributed by atoms with Crippen LogP contribution in [0, 0.1) is 5.82 Å². The van der Waals surface area contributed by atoms with Crippen LogP contribution in [-0.2, 0) is 13.1 Å². The van der Waals surface area contributed by atoms with Gasteiger partial charge in [0.15, 0.2) is 17.5 Å². The first kappa shape index (κ1) is 31.5. The minimum Gasteiger partial charge on any atom is -0.493 e. The molecule has 0 aromatic heterocycles. The molecule has 1 aliphatic heterocycles. The Labute approximate surface area is 254 Å². The number of carbonyl (C=O) groups excluding carboxylic acids is 2. The molecule has 1 fully saturated rings. The molecular weight excluding hydrogens is 579 g/mol. The number of hydrogen-bond acceptors (Lipinski definition) is 7. The van der Waals surface area contributed by atoms with E-state index in [1.807, 2.05) is 12.1 Å². The quantitative estimate of drug-likeness (QED) is 0.231. The number of nitrogens with two attached hydrogens (primary N) is 2. The predicted octanol–water partition coefficient (Wildman–Crippen LogP) is 3.49. The average Bonchev–Trinajstić information content (AvgIpc) is 2.99. The second-order valence-electron chi connectivity index (χ2n) is 9.84. The lowest BCUT2D eigenvalue weighted by molar-refractivity contribution is 0.0997. The van der Waals surface area contributed by atoms with Crippen LogP contribution in [0.15, 0.2) is 53.5 Å². The molecule has 0 bridgehead atoms. The van der Waals surface area contributed by atoms with Crippen LogP contribution in [0.5, 0.6) is 17.2 Å². The molecule has 3 aromatic carbocycles. The molecule has 1 saturated heterocycles. The van der Waals surface area contributed by atoms with Crippen molar-refractivity contribution in [3.05, 3.63) is 81.6 Å². The van der Waals surface area contributed by atoms with Gasteiger partial charge in [-0.3, -0.25) is 19.4 Å². The second kappa shape index (κ2) is 14.2. The number of anilines is 1. The number of halogens is 2. The minimum atomic E-state index is -0.647. The average molecular weight is 613 g/mol. The molecule has 0 atom stereocenters. The van der Waals surface area contributed by atoms with Crippen molar-refractivity contribution < 1.29 is 28.2 Å². The molecule has 0 radical (unpaired) electrons. The molecule has 0 spiro atoms. The summed E-state index contributed by atoms with van der Waals surface area (Å²) in [4.78, 5) is 33.7. The Morgan fingerprint density at radius 3 is 2.05 bits per heavy atom. The molecular formula is C30H34ClFN6O5. The molecule has 13 heteroatoms. The van der Waals surface area contributed by atoms with Crippen molar-refractivity contribution in [2.24, 2.45) is 16.5 Å². The summed E-state index contributed by atoms with van der Waals surface area (Å²) in [5.41, 5.74) is 13.3. The Morgan fingerprint density at radius 2 is 1.47 bits per heavy atom. The molecule has 2 amide bonds. The van der Waals surface area contributed by atoms with E-state index in [-0.39, 0.29) is 22.1 Å². The Morgan fingerprint density at radius 1 is 0.860 bits per heavy atom. The fourth-order valence-electron chi connectivity index (χ4n) is 4.85. The molecule has 43 heavy (non-hydrogen) atoms. The Balaban J connectivity index is 1.49. The highest BCUT2D eigenvalue weighted by Crippen LogP contribution is 2.40. The van der Waals surface area contributed by atoms with Gasteiger partial charge in [-0.2, -0.15) is 4.99 Å². The molecule has 4 rings (SSSR count). The standard InChI is InChI=1S/C30H34ClFN6O5/c1-41-25-9-7-21(26(42-2)27(25)43-3)17-38-12-10-37(11-13-38)16-20-5-4-19(29(40)36-30(33)34)15-24(20)35-28(39)18-6-8-23(32)22(31)14-18/h4-9,14-15H,10-13,16-17H2,1-3H3,(H,35,39)(H4,33,34,36,40). The lowest BCUT2D eigenvalue weighted by Gasteiger charge is -2.35. The van der Waals surface area contributed by atoms with Crippen LogP contribution in [0.25, 0.3) is 0 Å². The molecule has 0 saturated carbocycles. The Bertz CT molecular complexity index is 1520. The maximum absolute atomic E-state index is 13.7. The lowest BCUT2D eigenvalue weighted by atomic mass is 10.1. The van der Waals surface area contributed by atoms with Gasteiger partial charge in [0.25, 0.3) is 11.8 Å². The number of hydrogen-bond donors (Lipinski definition) is 3. The first-order valence-corrected chi connectivity index (χ1v) is 13.8. The fraction of sp³-hybridized carbons (Fsp3) is 0.300. The van der Waals surface area contributed by atoms with Gasteiger partial charge in [-0.15, -0.1) is 0 Å². The SMILES string of the molecule is COc1ccc(CN2CCN(Cc3ccc(C(=O)N=C(N)N)cc3NC(=O)c3ccc(F)c(Cl)c3)CC2)c(OC)c1OC. The van der Waals surface area contributed by atoms with Crippen LogP contribution in [-0.4, -0.2) is 75.1 Å². The summed E-state index contributed by atoms with van der Waals surface area (Å²) in [6, 6.07) is 12.4. The lowest BCUT2D eigenvalue weighted by Crippen LogP contribution is -2.45. The van der Waals surface area contributed by atoms with Crippen molar-refractivity contribution in [2.45, 2.75) is 13.1 Å². The zero-order chi connectivity index (χ0) is 31.1. The van der Waals surface area contributed by atoms with Gasteiger partial charge in [0.1, 0.15) is 5.82 Å². The summed E-state index contributed by atoms with van der Waals surface area (Å²) in [5.74, 6) is -0.363. The maximum Gasteiger partial charge on any atom is 0.280 e. The van der Waals surface area contributed by atoms with Crippen molar-refractivity contribution in [1.82, 2.24) is 9.80 Å². The number of carbonyl (C=O) groups is 2. The van der Waals surface area contributed by atoms with Gasteiger partial charge >= 0.3 is 0 Å². The molecule has 0 aliphatic carbocycles. The molecule has 5 N–H and O–H groups in total. The van der Waals surface area contributed by atoms with E-state index in [1.165, 1.54) is 18.2 Å². The minimum absolute atomic E-state index is 0.164. The zero-order valence-electron chi connectivity index (χ0n) is 24.2. The highest BCUT2D eigenvalue weighted by atomic mass is 35.5. The number of ether oxygens (including phenoxy) is 3. The summed E-state index contributed by atoms with van der Waals surface area (Å²) < 4.78 is 30.2. The van der Waals surface area contributed by atoms with Crippen LogP contribution < -0.4 is 31.0 Å². The number of rotatable bonds is 10. The highest BCUT2D eigenvalue weighted by Gasteiger charge is 2.23. The summed E-state index contributed by atoms with van der Waals surface area (Å²) in [6.45, 7) is 4.25. The van der Waals surface area contributed by atoms with Crippen LogP contribution in [0.1, 0.15) is 31.8 Å². The number of methoxy groups -OCH3 is 3. The van der Waals surface area contributed by atoms with Crippen LogP contribution in [0.2, 0.25) is 5.02 Å². The molecule has 3 aromatic rings. The van der Waals surface area contributed by atoms with Crippen LogP contribution in [0.3, 0.4) is 0 Å². The highest BCUT2D eigenvalue weighted by molar-refractivity contribution is 6.31. The summed E-state index contributed by atoms with van der Waals surface area (Å²) >= 11 is 5.88. The van der Waals surface area contributed by atoms with E-state index < -0.39 is 17.6 Å². The normalized spacial score (nSPS) is 13.7. The maximum atomic E-state index is 13.7. The second-order valence-corrected chi connectivity index (χ2v) is 10.2. The van der Waals surface area contributed by atoms with E-state index in [0.29, 0.717) is 36.0 Å². The van der Waals surface area contributed by atoms with Crippen molar-refractivity contribution in [3.8, 4) is 17.2 Å².